The lowest BCUT2D eigenvalue weighted by molar-refractivity contribution is 0.0562. The molecule has 0 unspecified atom stereocenters. The third-order valence-electron chi connectivity index (χ3n) is 5.60. The zero-order chi connectivity index (χ0) is 21.3. The lowest BCUT2D eigenvalue weighted by Crippen LogP contribution is -2.38. The van der Waals surface area contributed by atoms with Crippen LogP contribution in [0, 0.1) is 29.4 Å². The number of rotatable bonds is 5. The Labute approximate surface area is 175 Å². The summed E-state index contributed by atoms with van der Waals surface area (Å²) < 4.78 is 38.9. The molecule has 7 heteroatoms. The summed E-state index contributed by atoms with van der Waals surface area (Å²) in [6.07, 6.45) is 0. The highest BCUT2D eigenvalue weighted by atomic mass is 19.1. The predicted molar refractivity (Wildman–Crippen MR) is 109 cm³/mol. The van der Waals surface area contributed by atoms with Crippen molar-refractivity contribution in [3.05, 3.63) is 59.7 Å². The smallest absolute Gasteiger partial charge is 0.322 e. The molecule has 0 bridgehead atoms. The van der Waals surface area contributed by atoms with Gasteiger partial charge in [0, 0.05) is 42.3 Å². The van der Waals surface area contributed by atoms with E-state index in [1.807, 2.05) is 24.3 Å². The quantitative estimate of drug-likeness (QED) is 0.758. The Kier molecular flexibility index (Phi) is 5.90. The van der Waals surface area contributed by atoms with E-state index in [2.05, 4.69) is 19.2 Å². The molecule has 2 aromatic carbocycles. The molecule has 0 aromatic heterocycles. The second kappa shape index (κ2) is 8.60. The van der Waals surface area contributed by atoms with Gasteiger partial charge < -0.3 is 19.7 Å². The van der Waals surface area contributed by atoms with Gasteiger partial charge in [-0.1, -0.05) is 32.0 Å². The average molecular weight is 416 g/mol. The first-order valence-corrected chi connectivity index (χ1v) is 10.3. The number of ether oxygens (including phenoxy) is 2. The van der Waals surface area contributed by atoms with E-state index in [0.29, 0.717) is 32.3 Å². The van der Waals surface area contributed by atoms with Gasteiger partial charge in [-0.3, -0.25) is 0 Å². The molecular weight excluding hydrogens is 390 g/mol. The lowest BCUT2D eigenvalue weighted by Gasteiger charge is -2.34. The minimum absolute atomic E-state index is 0.0852. The summed E-state index contributed by atoms with van der Waals surface area (Å²) in [6, 6.07) is 10.1. The van der Waals surface area contributed by atoms with Crippen LogP contribution in [0.3, 0.4) is 0 Å². The van der Waals surface area contributed by atoms with Crippen LogP contribution in [-0.4, -0.2) is 37.3 Å². The summed E-state index contributed by atoms with van der Waals surface area (Å²) in [5, 5.41) is 2.65. The molecule has 0 aliphatic carbocycles. The maximum Gasteiger partial charge on any atom is 0.322 e. The third kappa shape index (κ3) is 4.26. The van der Waals surface area contributed by atoms with Gasteiger partial charge in [0.25, 0.3) is 0 Å². The van der Waals surface area contributed by atoms with Crippen molar-refractivity contribution >= 4 is 11.7 Å². The van der Waals surface area contributed by atoms with E-state index in [-0.39, 0.29) is 23.6 Å². The molecule has 1 N–H and O–H groups in total. The van der Waals surface area contributed by atoms with Crippen molar-refractivity contribution in [2.24, 2.45) is 17.8 Å². The summed E-state index contributed by atoms with van der Waals surface area (Å²) in [7, 11) is 0. The summed E-state index contributed by atoms with van der Waals surface area (Å²) in [6.45, 7) is 6.35. The molecule has 0 spiro atoms. The van der Waals surface area contributed by atoms with Crippen LogP contribution in [0.15, 0.2) is 42.5 Å². The number of carbonyl (C=O) groups is 1. The first kappa shape index (κ1) is 20.6. The molecule has 2 heterocycles. The molecule has 0 radical (unpaired) electrons. The molecule has 3 atom stereocenters. The summed E-state index contributed by atoms with van der Waals surface area (Å²) in [4.78, 5) is 14.9. The highest BCUT2D eigenvalue weighted by molar-refractivity contribution is 5.90. The van der Waals surface area contributed by atoms with Crippen molar-refractivity contribution in [3.8, 4) is 5.75 Å². The summed E-state index contributed by atoms with van der Waals surface area (Å²) in [5.74, 6) is -0.0917. The number of nitrogens with zero attached hydrogens (tertiary/aromatic N) is 1. The largest absolute Gasteiger partial charge is 0.493 e. The number of nitrogens with one attached hydrogen (secondary N) is 1. The zero-order valence-corrected chi connectivity index (χ0v) is 17.1. The van der Waals surface area contributed by atoms with E-state index in [0.717, 1.165) is 29.5 Å². The molecule has 2 amide bonds. The van der Waals surface area contributed by atoms with E-state index >= 15 is 0 Å². The zero-order valence-electron chi connectivity index (χ0n) is 17.1. The van der Waals surface area contributed by atoms with Gasteiger partial charge >= 0.3 is 6.03 Å². The minimum atomic E-state index is -0.735. The van der Waals surface area contributed by atoms with E-state index in [9.17, 15) is 13.6 Å². The molecule has 1 fully saturated rings. The topological polar surface area (TPSA) is 50.8 Å². The Bertz CT molecular complexity index is 901. The highest BCUT2D eigenvalue weighted by Gasteiger charge is 2.48. The normalized spacial score (nSPS) is 22.4. The third-order valence-corrected chi connectivity index (χ3v) is 5.60. The summed E-state index contributed by atoms with van der Waals surface area (Å²) >= 11 is 0. The van der Waals surface area contributed by atoms with Gasteiger partial charge in [0.15, 0.2) is 0 Å². The van der Waals surface area contributed by atoms with Gasteiger partial charge in [-0.25, -0.2) is 13.6 Å². The molecule has 0 saturated carbocycles. The fraction of sp³-hybridized carbons (Fsp3) is 0.435. The monoisotopic (exact) mass is 416 g/mol. The Morgan fingerprint density at radius 3 is 2.70 bits per heavy atom. The number of hydrogen-bond acceptors (Lipinski definition) is 3. The van der Waals surface area contributed by atoms with E-state index < -0.39 is 17.7 Å². The van der Waals surface area contributed by atoms with Crippen LogP contribution >= 0.6 is 0 Å². The van der Waals surface area contributed by atoms with E-state index in [1.165, 1.54) is 0 Å². The fourth-order valence-corrected chi connectivity index (χ4v) is 4.32. The Morgan fingerprint density at radius 1 is 1.23 bits per heavy atom. The molecule has 4 rings (SSSR count). The van der Waals surface area contributed by atoms with Crippen molar-refractivity contribution in [2.45, 2.75) is 19.9 Å². The van der Waals surface area contributed by atoms with Crippen LogP contribution in [0.25, 0.3) is 0 Å². The lowest BCUT2D eigenvalue weighted by atomic mass is 9.86. The number of amides is 2. The second-order valence-electron chi connectivity index (χ2n) is 8.39. The maximum absolute atomic E-state index is 13.6. The van der Waals surface area contributed by atoms with Gasteiger partial charge in [-0.2, -0.15) is 0 Å². The standard InChI is InChI=1S/C23H26F2N2O3/c1-14(2)11-29-12-15-10-27(23(28)26-18-8-16(24)7-17(25)9-18)22-19-5-3-4-6-21(19)30-13-20(15)22/h3-9,14-15,20,22H,10-13H2,1-2H3,(H,26,28)/t15-,20-,22-/m0/s1. The molecule has 2 aromatic rings. The number of urea groups is 1. The van der Waals surface area contributed by atoms with Crippen LogP contribution in [0.2, 0.25) is 0 Å². The van der Waals surface area contributed by atoms with Gasteiger partial charge in [0.1, 0.15) is 17.4 Å². The molecule has 5 nitrogen and oxygen atoms in total. The molecule has 2 aliphatic rings. The molecule has 2 aliphatic heterocycles. The van der Waals surface area contributed by atoms with Crippen LogP contribution in [-0.2, 0) is 4.74 Å². The van der Waals surface area contributed by atoms with Gasteiger partial charge in [0.2, 0.25) is 0 Å². The number of anilines is 1. The number of carbonyl (C=O) groups excluding carboxylic acids is 1. The molecule has 160 valence electrons. The average Bonchev–Trinajstić information content (AvgIpc) is 3.06. The fourth-order valence-electron chi connectivity index (χ4n) is 4.32. The number of likely N-dealkylation sites (tertiary alicyclic amines) is 1. The first-order chi connectivity index (χ1) is 14.4. The SMILES string of the molecule is CC(C)COC[C@@H]1CN(C(=O)Nc2cc(F)cc(F)c2)[C@H]2c3ccccc3OC[C@@H]12. The van der Waals surface area contributed by atoms with Gasteiger partial charge in [-0.05, 0) is 24.1 Å². The first-order valence-electron chi connectivity index (χ1n) is 10.3. The number of halogens is 2. The van der Waals surface area contributed by atoms with Crippen molar-refractivity contribution in [2.75, 3.05) is 31.7 Å². The van der Waals surface area contributed by atoms with E-state index in [4.69, 9.17) is 9.47 Å². The highest BCUT2D eigenvalue weighted by Crippen LogP contribution is 2.47. The predicted octanol–water partition coefficient (Wildman–Crippen LogP) is 4.85. The number of para-hydroxylation sites is 1. The van der Waals surface area contributed by atoms with Crippen LogP contribution in [0.4, 0.5) is 19.3 Å². The van der Waals surface area contributed by atoms with Gasteiger partial charge in [-0.15, -0.1) is 0 Å². The molecule has 30 heavy (non-hydrogen) atoms. The Hall–Kier alpha value is -2.67. The van der Waals surface area contributed by atoms with Crippen molar-refractivity contribution in [1.82, 2.24) is 4.90 Å². The van der Waals surface area contributed by atoms with Gasteiger partial charge in [0.05, 0.1) is 19.3 Å². The van der Waals surface area contributed by atoms with Crippen molar-refractivity contribution in [3.63, 3.8) is 0 Å². The van der Waals surface area contributed by atoms with Crippen molar-refractivity contribution in [1.29, 1.82) is 0 Å². The second-order valence-corrected chi connectivity index (χ2v) is 8.39. The van der Waals surface area contributed by atoms with Crippen LogP contribution in [0.1, 0.15) is 25.5 Å². The maximum atomic E-state index is 13.6. The van der Waals surface area contributed by atoms with Crippen molar-refractivity contribution < 1.29 is 23.0 Å². The molecular formula is C23H26F2N2O3. The van der Waals surface area contributed by atoms with Crippen LogP contribution < -0.4 is 10.1 Å². The minimum Gasteiger partial charge on any atom is -0.493 e. The Morgan fingerprint density at radius 2 is 1.97 bits per heavy atom. The number of benzene rings is 2. The molecule has 1 saturated heterocycles. The summed E-state index contributed by atoms with van der Waals surface area (Å²) in [5.41, 5.74) is 1.04. The van der Waals surface area contributed by atoms with E-state index in [1.54, 1.807) is 4.90 Å². The van der Waals surface area contributed by atoms with Crippen LogP contribution in [0.5, 0.6) is 5.75 Å². The Balaban J connectivity index is 1.58. The number of fused-ring (bicyclic) bond motifs is 3. The number of hydrogen-bond donors (Lipinski definition) is 1.